The Bertz CT molecular complexity index is 412. The summed E-state index contributed by atoms with van der Waals surface area (Å²) in [5.74, 6) is 1.80. The number of hydrogen-bond acceptors (Lipinski definition) is 5. The summed E-state index contributed by atoms with van der Waals surface area (Å²) < 4.78 is 0. The van der Waals surface area contributed by atoms with Gasteiger partial charge in [-0.25, -0.2) is 4.98 Å². The fourth-order valence-electron chi connectivity index (χ4n) is 2.14. The van der Waals surface area contributed by atoms with Crippen LogP contribution in [0.15, 0.2) is 6.07 Å². The fraction of sp³-hybridized carbons (Fsp3) is 0.714. The number of rotatable bonds is 4. The number of nitrogens with zero attached hydrogens (tertiary/aromatic N) is 4. The standard InChI is InChI=1S/C14H25N5/c1-5-11(2)15-14-16-12(3)10-13(17-14)19-8-6-18(4)7-9-19/h10-11H,5-9H2,1-4H3,(H,15,16,17). The summed E-state index contributed by atoms with van der Waals surface area (Å²) >= 11 is 0. The molecule has 106 valence electrons. The summed E-state index contributed by atoms with van der Waals surface area (Å²) in [7, 11) is 2.17. The molecule has 1 aliphatic heterocycles. The lowest BCUT2D eigenvalue weighted by atomic mass is 10.3. The summed E-state index contributed by atoms with van der Waals surface area (Å²) in [6, 6.07) is 2.48. The lowest BCUT2D eigenvalue weighted by Crippen LogP contribution is -2.44. The Morgan fingerprint density at radius 1 is 1.26 bits per heavy atom. The molecule has 1 aromatic heterocycles. The van der Waals surface area contributed by atoms with Gasteiger partial charge in [-0.05, 0) is 27.3 Å². The third-order valence-electron chi connectivity index (χ3n) is 3.66. The molecule has 0 aromatic carbocycles. The normalized spacial score (nSPS) is 18.4. The molecule has 19 heavy (non-hydrogen) atoms. The molecule has 0 amide bonds. The maximum atomic E-state index is 4.66. The molecular weight excluding hydrogens is 238 g/mol. The Morgan fingerprint density at radius 2 is 1.95 bits per heavy atom. The van der Waals surface area contributed by atoms with Crippen molar-refractivity contribution in [1.29, 1.82) is 0 Å². The molecule has 1 unspecified atom stereocenters. The van der Waals surface area contributed by atoms with E-state index in [0.29, 0.717) is 6.04 Å². The number of anilines is 2. The van der Waals surface area contributed by atoms with Gasteiger partial charge in [0.05, 0.1) is 0 Å². The van der Waals surface area contributed by atoms with Gasteiger partial charge in [0.25, 0.3) is 0 Å². The van der Waals surface area contributed by atoms with Crippen molar-refractivity contribution >= 4 is 11.8 Å². The van der Waals surface area contributed by atoms with Crippen molar-refractivity contribution in [2.75, 3.05) is 43.4 Å². The maximum absolute atomic E-state index is 4.66. The van der Waals surface area contributed by atoms with Crippen molar-refractivity contribution in [2.24, 2.45) is 0 Å². The Morgan fingerprint density at radius 3 is 2.58 bits per heavy atom. The van der Waals surface area contributed by atoms with Crippen molar-refractivity contribution in [3.05, 3.63) is 11.8 Å². The maximum Gasteiger partial charge on any atom is 0.225 e. The summed E-state index contributed by atoms with van der Waals surface area (Å²) in [4.78, 5) is 13.8. The zero-order valence-electron chi connectivity index (χ0n) is 12.5. The Hall–Kier alpha value is -1.36. The first-order valence-corrected chi connectivity index (χ1v) is 7.14. The predicted molar refractivity (Wildman–Crippen MR) is 79.9 cm³/mol. The van der Waals surface area contributed by atoms with E-state index in [2.05, 4.69) is 52.0 Å². The first-order valence-electron chi connectivity index (χ1n) is 7.14. The second-order valence-corrected chi connectivity index (χ2v) is 5.44. The number of likely N-dealkylation sites (N-methyl/N-ethyl adjacent to an activating group) is 1. The third-order valence-corrected chi connectivity index (χ3v) is 3.66. The summed E-state index contributed by atoms with van der Waals surface area (Å²) in [6.07, 6.45) is 1.07. The lowest BCUT2D eigenvalue weighted by Gasteiger charge is -2.33. The van der Waals surface area contributed by atoms with Crippen molar-refractivity contribution in [3.63, 3.8) is 0 Å². The number of aryl methyl sites for hydroxylation is 1. The summed E-state index contributed by atoms with van der Waals surface area (Å²) in [5.41, 5.74) is 1.02. The highest BCUT2D eigenvalue weighted by molar-refractivity contribution is 5.45. The molecular formula is C14H25N5. The van der Waals surface area contributed by atoms with Crippen LogP contribution < -0.4 is 10.2 Å². The van der Waals surface area contributed by atoms with Crippen LogP contribution in [0.5, 0.6) is 0 Å². The van der Waals surface area contributed by atoms with Gasteiger partial charge < -0.3 is 15.1 Å². The van der Waals surface area contributed by atoms with E-state index >= 15 is 0 Å². The number of nitrogens with one attached hydrogen (secondary N) is 1. The van der Waals surface area contributed by atoms with E-state index < -0.39 is 0 Å². The molecule has 1 atom stereocenters. The van der Waals surface area contributed by atoms with Crippen LogP contribution in [-0.4, -0.2) is 54.1 Å². The first-order chi connectivity index (χ1) is 9.08. The minimum absolute atomic E-state index is 0.405. The van der Waals surface area contributed by atoms with Gasteiger partial charge >= 0.3 is 0 Å². The number of piperazine rings is 1. The van der Waals surface area contributed by atoms with E-state index in [-0.39, 0.29) is 0 Å². The van der Waals surface area contributed by atoms with Crippen LogP contribution in [0.2, 0.25) is 0 Å². The quantitative estimate of drug-likeness (QED) is 0.896. The molecule has 2 heterocycles. The zero-order valence-corrected chi connectivity index (χ0v) is 12.5. The van der Waals surface area contributed by atoms with E-state index in [0.717, 1.165) is 50.1 Å². The smallest absolute Gasteiger partial charge is 0.225 e. The molecule has 1 N–H and O–H groups in total. The van der Waals surface area contributed by atoms with Gasteiger partial charge in [0.15, 0.2) is 0 Å². The van der Waals surface area contributed by atoms with Crippen LogP contribution in [-0.2, 0) is 0 Å². The van der Waals surface area contributed by atoms with Crippen molar-refractivity contribution < 1.29 is 0 Å². The van der Waals surface area contributed by atoms with E-state index in [1.54, 1.807) is 0 Å². The molecule has 0 radical (unpaired) electrons. The number of aromatic nitrogens is 2. The molecule has 5 heteroatoms. The molecule has 0 bridgehead atoms. The van der Waals surface area contributed by atoms with Crippen molar-refractivity contribution in [3.8, 4) is 0 Å². The van der Waals surface area contributed by atoms with Crippen LogP contribution >= 0.6 is 0 Å². The molecule has 1 aromatic rings. The highest BCUT2D eigenvalue weighted by atomic mass is 15.3. The van der Waals surface area contributed by atoms with Gasteiger partial charge in [-0.3, -0.25) is 0 Å². The van der Waals surface area contributed by atoms with E-state index in [1.807, 2.05) is 6.92 Å². The first kappa shape index (κ1) is 14.1. The SMILES string of the molecule is CCC(C)Nc1nc(C)cc(N2CCN(C)CC2)n1. The van der Waals surface area contributed by atoms with E-state index in [1.165, 1.54) is 0 Å². The van der Waals surface area contributed by atoms with Gasteiger partial charge in [0.2, 0.25) is 5.95 Å². The van der Waals surface area contributed by atoms with Crippen LogP contribution in [0.25, 0.3) is 0 Å². The van der Waals surface area contributed by atoms with Crippen LogP contribution in [0, 0.1) is 6.92 Å². The largest absolute Gasteiger partial charge is 0.354 e. The molecule has 0 saturated carbocycles. The summed E-state index contributed by atoms with van der Waals surface area (Å²) in [5, 5.41) is 3.36. The molecule has 1 saturated heterocycles. The molecule has 0 spiro atoms. The van der Waals surface area contributed by atoms with Crippen molar-refractivity contribution in [1.82, 2.24) is 14.9 Å². The lowest BCUT2D eigenvalue weighted by molar-refractivity contribution is 0.312. The molecule has 5 nitrogen and oxygen atoms in total. The Kier molecular flexibility index (Phi) is 4.58. The Balaban J connectivity index is 2.12. The average Bonchev–Trinajstić information content (AvgIpc) is 2.38. The van der Waals surface area contributed by atoms with Gasteiger partial charge in [-0.2, -0.15) is 4.98 Å². The zero-order chi connectivity index (χ0) is 13.8. The van der Waals surface area contributed by atoms with Crippen molar-refractivity contribution in [2.45, 2.75) is 33.2 Å². The van der Waals surface area contributed by atoms with Gasteiger partial charge in [0, 0.05) is 44.0 Å². The molecule has 0 aliphatic carbocycles. The predicted octanol–water partition coefficient (Wildman–Crippen LogP) is 1.75. The highest BCUT2D eigenvalue weighted by Crippen LogP contribution is 2.17. The second-order valence-electron chi connectivity index (χ2n) is 5.44. The topological polar surface area (TPSA) is 44.3 Å². The minimum Gasteiger partial charge on any atom is -0.354 e. The monoisotopic (exact) mass is 263 g/mol. The second kappa shape index (κ2) is 6.19. The van der Waals surface area contributed by atoms with Crippen LogP contribution in [0.4, 0.5) is 11.8 Å². The fourth-order valence-corrected chi connectivity index (χ4v) is 2.14. The van der Waals surface area contributed by atoms with E-state index in [9.17, 15) is 0 Å². The van der Waals surface area contributed by atoms with Crippen LogP contribution in [0.3, 0.4) is 0 Å². The molecule has 2 rings (SSSR count). The van der Waals surface area contributed by atoms with Gasteiger partial charge in [-0.15, -0.1) is 0 Å². The highest BCUT2D eigenvalue weighted by Gasteiger charge is 2.16. The summed E-state index contributed by atoms with van der Waals surface area (Å²) in [6.45, 7) is 10.6. The van der Waals surface area contributed by atoms with Crippen LogP contribution in [0.1, 0.15) is 26.0 Å². The third kappa shape index (κ3) is 3.80. The molecule has 1 fully saturated rings. The average molecular weight is 263 g/mol. The van der Waals surface area contributed by atoms with Gasteiger partial charge in [0.1, 0.15) is 5.82 Å². The number of hydrogen-bond donors (Lipinski definition) is 1. The molecule has 1 aliphatic rings. The Labute approximate surface area is 116 Å². The van der Waals surface area contributed by atoms with E-state index in [4.69, 9.17) is 0 Å². The van der Waals surface area contributed by atoms with Gasteiger partial charge in [-0.1, -0.05) is 6.92 Å². The minimum atomic E-state index is 0.405.